The summed E-state index contributed by atoms with van der Waals surface area (Å²) in [4.78, 5) is 19.2. The molecule has 1 fully saturated rings. The van der Waals surface area contributed by atoms with E-state index in [1.807, 2.05) is 26.2 Å². The van der Waals surface area contributed by atoms with E-state index in [1.165, 1.54) is 11.3 Å². The van der Waals surface area contributed by atoms with E-state index in [0.29, 0.717) is 5.69 Å². The number of nitrogens with one attached hydrogen (secondary N) is 2. The average Bonchev–Trinajstić information content (AvgIpc) is 3.36. The van der Waals surface area contributed by atoms with Gasteiger partial charge in [0.05, 0.1) is 6.20 Å². The van der Waals surface area contributed by atoms with E-state index in [4.69, 9.17) is 0 Å². The van der Waals surface area contributed by atoms with Crippen molar-refractivity contribution in [3.8, 4) is 10.6 Å². The minimum atomic E-state index is -0.106. The van der Waals surface area contributed by atoms with Crippen molar-refractivity contribution >= 4 is 23.1 Å². The van der Waals surface area contributed by atoms with Crippen LogP contribution in [0.1, 0.15) is 29.0 Å². The molecule has 0 atom stereocenters. The Kier molecular flexibility index (Phi) is 4.46. The molecule has 1 aliphatic rings. The van der Waals surface area contributed by atoms with Crippen LogP contribution < -0.4 is 10.2 Å². The van der Waals surface area contributed by atoms with Crippen LogP contribution in [0.2, 0.25) is 0 Å². The topological polar surface area (TPSA) is 91.7 Å². The summed E-state index contributed by atoms with van der Waals surface area (Å²) < 4.78 is 1.73. The van der Waals surface area contributed by atoms with Crippen LogP contribution in [0.25, 0.3) is 10.6 Å². The molecule has 0 aromatic carbocycles. The number of aryl methyl sites for hydroxylation is 2. The maximum absolute atomic E-state index is 12.5. The lowest BCUT2D eigenvalue weighted by Crippen LogP contribution is -2.44. The molecule has 3 aromatic heterocycles. The van der Waals surface area contributed by atoms with Crippen molar-refractivity contribution in [1.29, 1.82) is 0 Å². The molecule has 3 aromatic rings. The molecule has 0 spiro atoms. The van der Waals surface area contributed by atoms with Crippen molar-refractivity contribution in [2.45, 2.75) is 25.8 Å². The van der Waals surface area contributed by atoms with Crippen molar-refractivity contribution in [3.63, 3.8) is 0 Å². The van der Waals surface area contributed by atoms with E-state index in [-0.39, 0.29) is 11.9 Å². The third-order valence-corrected chi connectivity index (χ3v) is 5.43. The van der Waals surface area contributed by atoms with Gasteiger partial charge in [-0.05, 0) is 19.8 Å². The highest BCUT2D eigenvalue weighted by Crippen LogP contribution is 2.23. The van der Waals surface area contributed by atoms with Gasteiger partial charge in [-0.3, -0.25) is 14.6 Å². The standard InChI is InChI=1S/C17H21N7OS/c1-11-7-15(22-21-11)24-5-3-13(4-6-24)19-16(25)14-10-26-17(20-14)12-8-18-23(2)9-12/h7-10,13H,3-6H2,1-2H3,(H,19,25)(H,21,22). The van der Waals surface area contributed by atoms with Crippen molar-refractivity contribution < 1.29 is 4.79 Å². The minimum absolute atomic E-state index is 0.106. The molecule has 0 unspecified atom stereocenters. The first-order chi connectivity index (χ1) is 12.6. The fourth-order valence-electron chi connectivity index (χ4n) is 3.12. The molecule has 4 heterocycles. The van der Waals surface area contributed by atoms with Crippen molar-refractivity contribution in [3.05, 3.63) is 35.2 Å². The molecular weight excluding hydrogens is 350 g/mol. The van der Waals surface area contributed by atoms with Crippen LogP contribution in [0, 0.1) is 6.92 Å². The van der Waals surface area contributed by atoms with E-state index in [0.717, 1.165) is 48.0 Å². The smallest absolute Gasteiger partial charge is 0.270 e. The van der Waals surface area contributed by atoms with Gasteiger partial charge in [0.2, 0.25) is 0 Å². The lowest BCUT2D eigenvalue weighted by molar-refractivity contribution is 0.0927. The minimum Gasteiger partial charge on any atom is -0.355 e. The number of rotatable bonds is 4. The second-order valence-corrected chi connectivity index (χ2v) is 7.44. The van der Waals surface area contributed by atoms with E-state index in [1.54, 1.807) is 16.3 Å². The number of aromatic amines is 1. The van der Waals surface area contributed by atoms with Crippen molar-refractivity contribution in [2.24, 2.45) is 7.05 Å². The Morgan fingerprint density at radius 2 is 2.19 bits per heavy atom. The van der Waals surface area contributed by atoms with Crippen LogP contribution in [0.15, 0.2) is 23.8 Å². The fraction of sp³-hybridized carbons (Fsp3) is 0.412. The highest BCUT2D eigenvalue weighted by molar-refractivity contribution is 7.13. The summed E-state index contributed by atoms with van der Waals surface area (Å²) >= 11 is 1.46. The number of aromatic nitrogens is 5. The largest absolute Gasteiger partial charge is 0.355 e. The molecular formula is C17H21N7OS. The summed E-state index contributed by atoms with van der Waals surface area (Å²) in [5.74, 6) is 0.873. The zero-order chi connectivity index (χ0) is 18.1. The first-order valence-corrected chi connectivity index (χ1v) is 9.49. The SMILES string of the molecule is Cc1cc(N2CCC(NC(=O)c3csc(-c4cnn(C)c4)n3)CC2)n[nH]1. The quantitative estimate of drug-likeness (QED) is 0.732. The predicted octanol–water partition coefficient (Wildman–Crippen LogP) is 1.97. The Hall–Kier alpha value is -2.68. The number of amides is 1. The van der Waals surface area contributed by atoms with Crippen LogP contribution in [0.4, 0.5) is 5.82 Å². The molecule has 9 heteroatoms. The lowest BCUT2D eigenvalue weighted by atomic mass is 10.0. The first kappa shape index (κ1) is 16.8. The van der Waals surface area contributed by atoms with Gasteiger partial charge in [0.25, 0.3) is 5.91 Å². The fourth-order valence-corrected chi connectivity index (χ4v) is 3.90. The Morgan fingerprint density at radius 3 is 2.85 bits per heavy atom. The second kappa shape index (κ2) is 6.91. The number of hydrogen-bond donors (Lipinski definition) is 2. The van der Waals surface area contributed by atoms with Gasteiger partial charge in [-0.15, -0.1) is 11.3 Å². The molecule has 0 bridgehead atoms. The average molecular weight is 371 g/mol. The van der Waals surface area contributed by atoms with Gasteiger partial charge >= 0.3 is 0 Å². The summed E-state index contributed by atoms with van der Waals surface area (Å²) in [5, 5.41) is 17.2. The number of carbonyl (C=O) groups excluding carboxylic acids is 1. The van der Waals surface area contributed by atoms with Gasteiger partial charge < -0.3 is 10.2 Å². The summed E-state index contributed by atoms with van der Waals surface area (Å²) in [6, 6.07) is 2.22. The molecule has 1 amide bonds. The maximum atomic E-state index is 12.5. The molecule has 1 saturated heterocycles. The Balaban J connectivity index is 1.33. The van der Waals surface area contributed by atoms with Gasteiger partial charge in [0.1, 0.15) is 10.7 Å². The zero-order valence-electron chi connectivity index (χ0n) is 14.8. The summed E-state index contributed by atoms with van der Waals surface area (Å²) in [7, 11) is 1.86. The molecule has 26 heavy (non-hydrogen) atoms. The van der Waals surface area contributed by atoms with Gasteiger partial charge in [0.15, 0.2) is 5.82 Å². The summed E-state index contributed by atoms with van der Waals surface area (Å²) in [6.07, 6.45) is 5.45. The first-order valence-electron chi connectivity index (χ1n) is 8.61. The third kappa shape index (κ3) is 3.48. The normalized spacial score (nSPS) is 15.4. The summed E-state index contributed by atoms with van der Waals surface area (Å²) in [6.45, 7) is 3.76. The van der Waals surface area contributed by atoms with Crippen LogP contribution in [0.5, 0.6) is 0 Å². The number of anilines is 1. The van der Waals surface area contributed by atoms with Gasteiger partial charge in [-0.25, -0.2) is 4.98 Å². The van der Waals surface area contributed by atoms with Crippen LogP contribution in [0.3, 0.4) is 0 Å². The Morgan fingerprint density at radius 1 is 1.38 bits per heavy atom. The van der Waals surface area contributed by atoms with Crippen molar-refractivity contribution in [2.75, 3.05) is 18.0 Å². The van der Waals surface area contributed by atoms with Gasteiger partial charge in [0, 0.05) is 55.1 Å². The van der Waals surface area contributed by atoms with E-state index in [9.17, 15) is 4.79 Å². The third-order valence-electron chi connectivity index (χ3n) is 4.54. The molecule has 136 valence electrons. The van der Waals surface area contributed by atoms with E-state index >= 15 is 0 Å². The van der Waals surface area contributed by atoms with Gasteiger partial charge in [-0.1, -0.05) is 0 Å². The number of H-pyrrole nitrogens is 1. The number of piperidine rings is 1. The monoisotopic (exact) mass is 371 g/mol. The van der Waals surface area contributed by atoms with E-state index in [2.05, 4.69) is 30.5 Å². The molecule has 0 saturated carbocycles. The van der Waals surface area contributed by atoms with Crippen molar-refractivity contribution in [1.82, 2.24) is 30.3 Å². The highest BCUT2D eigenvalue weighted by Gasteiger charge is 2.23. The summed E-state index contributed by atoms with van der Waals surface area (Å²) in [5.41, 5.74) is 2.46. The molecule has 2 N–H and O–H groups in total. The Bertz CT molecular complexity index is 904. The number of carbonyl (C=O) groups is 1. The molecule has 1 aliphatic heterocycles. The molecule has 8 nitrogen and oxygen atoms in total. The number of thiazole rings is 1. The number of hydrogen-bond acceptors (Lipinski definition) is 6. The molecule has 0 radical (unpaired) electrons. The number of nitrogens with zero attached hydrogens (tertiary/aromatic N) is 5. The molecule has 0 aliphatic carbocycles. The van der Waals surface area contributed by atoms with Crippen LogP contribution in [-0.2, 0) is 7.05 Å². The zero-order valence-corrected chi connectivity index (χ0v) is 15.6. The highest BCUT2D eigenvalue weighted by atomic mass is 32.1. The molecule has 4 rings (SSSR count). The lowest BCUT2D eigenvalue weighted by Gasteiger charge is -2.32. The van der Waals surface area contributed by atoms with Gasteiger partial charge in [-0.2, -0.15) is 10.2 Å². The predicted molar refractivity (Wildman–Crippen MR) is 100 cm³/mol. The van der Waals surface area contributed by atoms with Crippen LogP contribution >= 0.6 is 11.3 Å². The van der Waals surface area contributed by atoms with E-state index < -0.39 is 0 Å². The maximum Gasteiger partial charge on any atom is 0.270 e. The Labute approximate surface area is 155 Å². The second-order valence-electron chi connectivity index (χ2n) is 6.58. The van der Waals surface area contributed by atoms with Crippen LogP contribution in [-0.4, -0.2) is 50.0 Å².